The van der Waals surface area contributed by atoms with E-state index in [1.807, 2.05) is 0 Å². The van der Waals surface area contributed by atoms with Crippen LogP contribution >= 0.6 is 0 Å². The van der Waals surface area contributed by atoms with E-state index in [1.54, 1.807) is 30.3 Å². The molecule has 24 heavy (non-hydrogen) atoms. The third-order valence-corrected chi connectivity index (χ3v) is 3.02. The topological polar surface area (TPSA) is 61.6 Å². The molecule has 0 aliphatic carbocycles. The third-order valence-electron chi connectivity index (χ3n) is 3.02. The summed E-state index contributed by atoms with van der Waals surface area (Å²) in [4.78, 5) is 11.9. The number of esters is 1. The Kier molecular flexibility index (Phi) is 5.40. The maximum Gasteiger partial charge on any atom is 0.573 e. The van der Waals surface area contributed by atoms with Crippen molar-refractivity contribution in [1.29, 1.82) is 0 Å². The molecule has 0 saturated carbocycles. The summed E-state index contributed by atoms with van der Waals surface area (Å²) in [7, 11) is 0. The maximum absolute atomic E-state index is 13.4. The van der Waals surface area contributed by atoms with Gasteiger partial charge in [0.15, 0.2) is 11.6 Å². The fraction of sp³-hybridized carbons (Fsp3) is 0.188. The van der Waals surface area contributed by atoms with Crippen molar-refractivity contribution in [1.82, 2.24) is 0 Å². The monoisotopic (exact) mass is 343 g/mol. The van der Waals surface area contributed by atoms with Gasteiger partial charge in [-0.3, -0.25) is 0 Å². The first-order valence-electron chi connectivity index (χ1n) is 6.77. The summed E-state index contributed by atoms with van der Waals surface area (Å²) in [6.07, 6.45) is -5.06. The standard InChI is InChI=1S/C16H13F4NO3/c17-12-7-6-11(8-13(12)24-16(18,19)20)14(21)15(22)23-9-10-4-2-1-3-5-10/h1-8,14H,9,21H2. The molecular formula is C16H13F4NO3. The normalized spacial score (nSPS) is 12.5. The van der Waals surface area contributed by atoms with Gasteiger partial charge in [0, 0.05) is 0 Å². The van der Waals surface area contributed by atoms with E-state index in [1.165, 1.54) is 0 Å². The van der Waals surface area contributed by atoms with E-state index in [9.17, 15) is 22.4 Å². The number of hydrogen-bond acceptors (Lipinski definition) is 4. The fourth-order valence-electron chi connectivity index (χ4n) is 1.87. The van der Waals surface area contributed by atoms with Gasteiger partial charge >= 0.3 is 12.3 Å². The summed E-state index contributed by atoms with van der Waals surface area (Å²) in [6.45, 7) is -0.0412. The minimum absolute atomic E-state index is 0.0412. The molecule has 0 aliphatic heterocycles. The first-order valence-corrected chi connectivity index (χ1v) is 6.77. The van der Waals surface area contributed by atoms with Crippen LogP contribution in [0, 0.1) is 5.82 Å². The van der Waals surface area contributed by atoms with Crippen molar-refractivity contribution < 1.29 is 31.8 Å². The molecule has 128 valence electrons. The van der Waals surface area contributed by atoms with Crippen molar-refractivity contribution in [3.05, 3.63) is 65.5 Å². The smallest absolute Gasteiger partial charge is 0.459 e. The largest absolute Gasteiger partial charge is 0.573 e. The van der Waals surface area contributed by atoms with Crippen LogP contribution in [0.3, 0.4) is 0 Å². The maximum atomic E-state index is 13.4. The first kappa shape index (κ1) is 17.7. The lowest BCUT2D eigenvalue weighted by Gasteiger charge is -2.15. The van der Waals surface area contributed by atoms with E-state index in [0.29, 0.717) is 0 Å². The number of hydrogen-bond donors (Lipinski definition) is 1. The Labute approximate surface area is 134 Å². The van der Waals surface area contributed by atoms with Gasteiger partial charge < -0.3 is 15.2 Å². The molecule has 0 radical (unpaired) electrons. The molecule has 0 aromatic heterocycles. The highest BCUT2D eigenvalue weighted by Gasteiger charge is 2.33. The Morgan fingerprint density at radius 2 is 1.79 bits per heavy atom. The van der Waals surface area contributed by atoms with E-state index < -0.39 is 29.9 Å². The van der Waals surface area contributed by atoms with Crippen LogP contribution in [0.4, 0.5) is 17.6 Å². The Morgan fingerprint density at radius 1 is 1.12 bits per heavy atom. The predicted octanol–water partition coefficient (Wildman–Crippen LogP) is 3.47. The summed E-state index contributed by atoms with van der Waals surface area (Å²) < 4.78 is 58.5. The molecule has 8 heteroatoms. The zero-order valence-electron chi connectivity index (χ0n) is 12.2. The predicted molar refractivity (Wildman–Crippen MR) is 76.2 cm³/mol. The van der Waals surface area contributed by atoms with Crippen molar-refractivity contribution in [3.63, 3.8) is 0 Å². The average Bonchev–Trinajstić information content (AvgIpc) is 2.53. The zero-order chi connectivity index (χ0) is 17.7. The van der Waals surface area contributed by atoms with Crippen molar-refractivity contribution in [2.45, 2.75) is 19.0 Å². The molecule has 0 amide bonds. The number of alkyl halides is 3. The van der Waals surface area contributed by atoms with E-state index in [0.717, 1.165) is 23.8 Å². The van der Waals surface area contributed by atoms with Crippen LogP contribution in [-0.4, -0.2) is 12.3 Å². The molecule has 2 N–H and O–H groups in total. The van der Waals surface area contributed by atoms with Gasteiger partial charge in [0.2, 0.25) is 0 Å². The van der Waals surface area contributed by atoms with Crippen LogP contribution in [-0.2, 0) is 16.1 Å². The molecule has 0 saturated heterocycles. The molecule has 2 aromatic carbocycles. The molecule has 4 nitrogen and oxygen atoms in total. The average molecular weight is 343 g/mol. The van der Waals surface area contributed by atoms with Crippen LogP contribution in [0.1, 0.15) is 17.2 Å². The summed E-state index contributed by atoms with van der Waals surface area (Å²) in [5.74, 6) is -3.14. The summed E-state index contributed by atoms with van der Waals surface area (Å²) >= 11 is 0. The number of halogens is 4. The Morgan fingerprint density at radius 3 is 2.42 bits per heavy atom. The fourth-order valence-corrected chi connectivity index (χ4v) is 1.87. The van der Waals surface area contributed by atoms with Crippen molar-refractivity contribution in [3.8, 4) is 5.75 Å². The molecule has 1 unspecified atom stereocenters. The van der Waals surface area contributed by atoms with Gasteiger partial charge in [-0.15, -0.1) is 13.2 Å². The second kappa shape index (κ2) is 7.31. The number of rotatable bonds is 5. The quantitative estimate of drug-likeness (QED) is 0.667. The Hall–Kier alpha value is -2.61. The van der Waals surface area contributed by atoms with Gasteiger partial charge in [-0.25, -0.2) is 9.18 Å². The van der Waals surface area contributed by atoms with E-state index >= 15 is 0 Å². The molecule has 2 rings (SSSR count). The molecule has 1 atom stereocenters. The molecule has 0 aliphatic rings. The van der Waals surface area contributed by atoms with Gasteiger partial charge in [-0.1, -0.05) is 36.4 Å². The van der Waals surface area contributed by atoms with Gasteiger partial charge in [0.25, 0.3) is 0 Å². The highest BCUT2D eigenvalue weighted by Crippen LogP contribution is 2.28. The van der Waals surface area contributed by atoms with E-state index in [2.05, 4.69) is 4.74 Å². The SMILES string of the molecule is NC(C(=O)OCc1ccccc1)c1ccc(F)c(OC(F)(F)F)c1. The molecule has 0 heterocycles. The molecular weight excluding hydrogens is 330 g/mol. The van der Waals surface area contributed by atoms with Crippen molar-refractivity contribution in [2.24, 2.45) is 5.73 Å². The van der Waals surface area contributed by atoms with Crippen molar-refractivity contribution in [2.75, 3.05) is 0 Å². The lowest BCUT2D eigenvalue weighted by Crippen LogP contribution is -2.24. The number of carbonyl (C=O) groups excluding carboxylic acids is 1. The summed E-state index contributed by atoms with van der Waals surface area (Å²) in [5, 5.41) is 0. The van der Waals surface area contributed by atoms with Crippen LogP contribution in [0.25, 0.3) is 0 Å². The Balaban J connectivity index is 2.07. The van der Waals surface area contributed by atoms with E-state index in [4.69, 9.17) is 10.5 Å². The lowest BCUT2D eigenvalue weighted by atomic mass is 10.1. The zero-order valence-corrected chi connectivity index (χ0v) is 12.2. The van der Waals surface area contributed by atoms with Gasteiger partial charge in [-0.05, 0) is 23.3 Å². The molecule has 0 bridgehead atoms. The second-order valence-corrected chi connectivity index (χ2v) is 4.81. The summed E-state index contributed by atoms with van der Waals surface area (Å²) in [5.41, 5.74) is 6.31. The van der Waals surface area contributed by atoms with Crippen LogP contribution in [0.15, 0.2) is 48.5 Å². The molecule has 0 spiro atoms. The highest BCUT2D eigenvalue weighted by atomic mass is 19.4. The van der Waals surface area contributed by atoms with Crippen LogP contribution in [0.2, 0.25) is 0 Å². The van der Waals surface area contributed by atoms with Gasteiger partial charge in [0.05, 0.1) is 0 Å². The number of benzene rings is 2. The number of nitrogens with two attached hydrogens (primary N) is 1. The van der Waals surface area contributed by atoms with Gasteiger partial charge in [0.1, 0.15) is 12.6 Å². The molecule has 0 fully saturated rings. The van der Waals surface area contributed by atoms with E-state index in [-0.39, 0.29) is 12.2 Å². The number of ether oxygens (including phenoxy) is 2. The number of carbonyl (C=O) groups is 1. The van der Waals surface area contributed by atoms with Crippen LogP contribution in [0.5, 0.6) is 5.75 Å². The third kappa shape index (κ3) is 4.95. The Bertz CT molecular complexity index is 704. The molecule has 2 aromatic rings. The summed E-state index contributed by atoms with van der Waals surface area (Å²) in [6, 6.07) is 9.93. The van der Waals surface area contributed by atoms with Gasteiger partial charge in [-0.2, -0.15) is 0 Å². The second-order valence-electron chi connectivity index (χ2n) is 4.81. The lowest BCUT2D eigenvalue weighted by molar-refractivity contribution is -0.275. The van der Waals surface area contributed by atoms with Crippen molar-refractivity contribution >= 4 is 5.97 Å². The van der Waals surface area contributed by atoms with Crippen LogP contribution < -0.4 is 10.5 Å². The minimum atomic E-state index is -5.06. The first-order chi connectivity index (χ1) is 11.3. The highest BCUT2D eigenvalue weighted by molar-refractivity contribution is 5.77. The minimum Gasteiger partial charge on any atom is -0.459 e.